The predicted molar refractivity (Wildman–Crippen MR) is 94.3 cm³/mol. The van der Waals surface area contributed by atoms with E-state index in [1.165, 1.54) is 11.3 Å². The van der Waals surface area contributed by atoms with E-state index in [9.17, 15) is 4.79 Å². The minimum Gasteiger partial charge on any atom is -0.368 e. The molecule has 2 aromatic carbocycles. The van der Waals surface area contributed by atoms with Gasteiger partial charge in [0.25, 0.3) is 0 Å². The Hall–Kier alpha value is -1.81. The molecule has 4 heteroatoms. The van der Waals surface area contributed by atoms with E-state index in [1.807, 2.05) is 24.3 Å². The molecule has 2 aromatic rings. The summed E-state index contributed by atoms with van der Waals surface area (Å²) in [6, 6.07) is 16.6. The molecule has 0 aliphatic carbocycles. The Bertz CT molecular complexity index is 686. The molecular formula is C18H19BrN2O. The average molecular weight is 359 g/mol. The van der Waals surface area contributed by atoms with Gasteiger partial charge in [0.15, 0.2) is 0 Å². The van der Waals surface area contributed by atoms with Crippen LogP contribution in [0.25, 0.3) is 0 Å². The van der Waals surface area contributed by atoms with Crippen LogP contribution in [0.2, 0.25) is 0 Å². The van der Waals surface area contributed by atoms with Crippen LogP contribution in [-0.4, -0.2) is 18.5 Å². The number of fused-ring (bicyclic) bond motifs is 1. The summed E-state index contributed by atoms with van der Waals surface area (Å²) in [5.41, 5.74) is 3.47. The van der Waals surface area contributed by atoms with Gasteiger partial charge in [-0.15, -0.1) is 0 Å². The van der Waals surface area contributed by atoms with Crippen molar-refractivity contribution in [2.75, 3.05) is 16.8 Å². The van der Waals surface area contributed by atoms with Crippen molar-refractivity contribution in [1.29, 1.82) is 0 Å². The second kappa shape index (κ2) is 6.53. The zero-order valence-corrected chi connectivity index (χ0v) is 14.1. The van der Waals surface area contributed by atoms with Crippen LogP contribution >= 0.6 is 15.9 Å². The molecule has 0 radical (unpaired) electrons. The van der Waals surface area contributed by atoms with Crippen LogP contribution < -0.4 is 10.2 Å². The van der Waals surface area contributed by atoms with Crippen molar-refractivity contribution in [3.8, 4) is 0 Å². The predicted octanol–water partition coefficient (Wildman–Crippen LogP) is 4.23. The summed E-state index contributed by atoms with van der Waals surface area (Å²) in [6.45, 7) is 2.96. The Labute approximate surface area is 139 Å². The maximum atomic E-state index is 12.2. The molecule has 0 aromatic heterocycles. The molecule has 0 saturated heterocycles. The van der Waals surface area contributed by atoms with E-state index >= 15 is 0 Å². The molecule has 1 atom stereocenters. The van der Waals surface area contributed by atoms with E-state index in [2.05, 4.69) is 57.3 Å². The summed E-state index contributed by atoms with van der Waals surface area (Å²) < 4.78 is 0.906. The number of rotatable bonds is 4. The van der Waals surface area contributed by atoms with Crippen molar-refractivity contribution in [1.82, 2.24) is 0 Å². The molecule has 3 nitrogen and oxygen atoms in total. The van der Waals surface area contributed by atoms with Gasteiger partial charge < -0.3 is 10.2 Å². The molecule has 0 fully saturated rings. The van der Waals surface area contributed by atoms with Gasteiger partial charge in [0.2, 0.25) is 5.91 Å². The van der Waals surface area contributed by atoms with Gasteiger partial charge in [-0.25, -0.2) is 0 Å². The van der Waals surface area contributed by atoms with Gasteiger partial charge >= 0.3 is 0 Å². The van der Waals surface area contributed by atoms with Crippen LogP contribution in [0.1, 0.15) is 18.9 Å². The largest absolute Gasteiger partial charge is 0.368 e. The number of hydrogen-bond donors (Lipinski definition) is 1. The zero-order chi connectivity index (χ0) is 15.5. The van der Waals surface area contributed by atoms with Gasteiger partial charge in [-0.1, -0.05) is 30.3 Å². The Morgan fingerprint density at radius 3 is 2.77 bits per heavy atom. The molecule has 3 rings (SSSR count). The quantitative estimate of drug-likeness (QED) is 0.886. The van der Waals surface area contributed by atoms with Crippen molar-refractivity contribution in [2.24, 2.45) is 0 Å². The molecule has 1 heterocycles. The van der Waals surface area contributed by atoms with Crippen LogP contribution in [-0.2, 0) is 11.2 Å². The van der Waals surface area contributed by atoms with E-state index < -0.39 is 0 Å². The number of benzene rings is 2. The molecule has 1 N–H and O–H groups in total. The highest BCUT2D eigenvalue weighted by Crippen LogP contribution is 2.31. The van der Waals surface area contributed by atoms with Gasteiger partial charge in [0.05, 0.1) is 5.69 Å². The summed E-state index contributed by atoms with van der Waals surface area (Å²) in [5.74, 6) is 0.0449. The fourth-order valence-electron chi connectivity index (χ4n) is 2.97. The van der Waals surface area contributed by atoms with Gasteiger partial charge in [-0.2, -0.15) is 0 Å². The van der Waals surface area contributed by atoms with Gasteiger partial charge in [0.1, 0.15) is 0 Å². The molecule has 1 unspecified atom stereocenters. The molecule has 114 valence electrons. The fourth-order valence-corrected chi connectivity index (χ4v) is 3.35. The van der Waals surface area contributed by atoms with Crippen LogP contribution in [0.4, 0.5) is 11.4 Å². The first kappa shape index (κ1) is 15.1. The van der Waals surface area contributed by atoms with Crippen LogP contribution in [0.15, 0.2) is 53.0 Å². The molecule has 1 aliphatic rings. The number of amides is 1. The lowest BCUT2D eigenvalue weighted by molar-refractivity contribution is -0.116. The van der Waals surface area contributed by atoms with Crippen molar-refractivity contribution in [3.63, 3.8) is 0 Å². The first-order valence-corrected chi connectivity index (χ1v) is 8.33. The van der Waals surface area contributed by atoms with Gasteiger partial charge in [-0.05, 0) is 53.0 Å². The third-order valence-corrected chi connectivity index (χ3v) is 4.77. The first-order chi connectivity index (χ1) is 10.6. The molecule has 0 saturated carbocycles. The van der Waals surface area contributed by atoms with E-state index in [0.29, 0.717) is 12.5 Å². The molecule has 1 amide bonds. The summed E-state index contributed by atoms with van der Waals surface area (Å²) in [4.78, 5) is 14.5. The van der Waals surface area contributed by atoms with E-state index in [0.717, 1.165) is 23.1 Å². The van der Waals surface area contributed by atoms with Crippen LogP contribution in [0, 0.1) is 0 Å². The second-order valence-electron chi connectivity index (χ2n) is 5.65. The Morgan fingerprint density at radius 1 is 1.23 bits per heavy atom. The minimum absolute atomic E-state index is 0.0449. The molecule has 22 heavy (non-hydrogen) atoms. The highest BCUT2D eigenvalue weighted by molar-refractivity contribution is 9.10. The number of nitrogens with zero attached hydrogens (tertiary/aromatic N) is 1. The van der Waals surface area contributed by atoms with Crippen molar-refractivity contribution in [3.05, 3.63) is 58.6 Å². The van der Waals surface area contributed by atoms with Crippen LogP contribution in [0.5, 0.6) is 0 Å². The standard InChI is InChI=1S/C18H19BrN2O/c1-13-12-14-6-2-5-9-17(14)21(13)11-10-18(22)20-16-8-4-3-7-15(16)19/h2-9,13H,10-12H2,1H3,(H,20,22). The number of para-hydroxylation sites is 2. The number of carbonyl (C=O) groups excluding carboxylic acids is 1. The maximum Gasteiger partial charge on any atom is 0.226 e. The molecule has 0 spiro atoms. The normalized spacial score (nSPS) is 16.5. The number of nitrogens with one attached hydrogen (secondary N) is 1. The SMILES string of the molecule is CC1Cc2ccccc2N1CCC(=O)Nc1ccccc1Br. The lowest BCUT2D eigenvalue weighted by Gasteiger charge is -2.24. The highest BCUT2D eigenvalue weighted by atomic mass is 79.9. The van der Waals surface area contributed by atoms with Crippen LogP contribution in [0.3, 0.4) is 0 Å². The monoisotopic (exact) mass is 358 g/mol. The summed E-state index contributed by atoms with van der Waals surface area (Å²) >= 11 is 3.45. The molecule has 1 aliphatic heterocycles. The number of halogens is 1. The Morgan fingerprint density at radius 2 is 1.95 bits per heavy atom. The Kier molecular flexibility index (Phi) is 4.48. The summed E-state index contributed by atoms with van der Waals surface area (Å²) in [7, 11) is 0. The van der Waals surface area contributed by atoms with Crippen molar-refractivity contribution in [2.45, 2.75) is 25.8 Å². The number of hydrogen-bond acceptors (Lipinski definition) is 2. The molecular weight excluding hydrogens is 340 g/mol. The number of anilines is 2. The lowest BCUT2D eigenvalue weighted by atomic mass is 10.1. The van der Waals surface area contributed by atoms with Gasteiger partial charge in [-0.3, -0.25) is 4.79 Å². The highest BCUT2D eigenvalue weighted by Gasteiger charge is 2.25. The lowest BCUT2D eigenvalue weighted by Crippen LogP contribution is -2.32. The number of carbonyl (C=O) groups is 1. The van der Waals surface area contributed by atoms with E-state index in [1.54, 1.807) is 0 Å². The minimum atomic E-state index is 0.0449. The summed E-state index contributed by atoms with van der Waals surface area (Å²) in [6.07, 6.45) is 1.54. The topological polar surface area (TPSA) is 32.3 Å². The second-order valence-corrected chi connectivity index (χ2v) is 6.51. The third-order valence-electron chi connectivity index (χ3n) is 4.08. The smallest absolute Gasteiger partial charge is 0.226 e. The molecule has 0 bridgehead atoms. The van der Waals surface area contributed by atoms with E-state index in [-0.39, 0.29) is 5.91 Å². The van der Waals surface area contributed by atoms with Gasteiger partial charge in [0, 0.05) is 29.2 Å². The Balaban J connectivity index is 1.61. The summed E-state index contributed by atoms with van der Waals surface area (Å²) in [5, 5.41) is 2.96. The van der Waals surface area contributed by atoms with Crippen molar-refractivity contribution >= 4 is 33.2 Å². The maximum absolute atomic E-state index is 12.2. The average Bonchev–Trinajstić information content (AvgIpc) is 2.83. The fraction of sp³-hybridized carbons (Fsp3) is 0.278. The third kappa shape index (κ3) is 3.17. The zero-order valence-electron chi connectivity index (χ0n) is 12.6. The van der Waals surface area contributed by atoms with Crippen molar-refractivity contribution < 1.29 is 4.79 Å². The first-order valence-electron chi connectivity index (χ1n) is 7.54. The van der Waals surface area contributed by atoms with E-state index in [4.69, 9.17) is 0 Å².